The van der Waals surface area contributed by atoms with Gasteiger partial charge in [-0.05, 0) is 36.5 Å². The summed E-state index contributed by atoms with van der Waals surface area (Å²) in [5, 5.41) is 0. The van der Waals surface area contributed by atoms with E-state index in [9.17, 15) is 9.18 Å². The molecule has 0 amide bonds. The number of nitrogens with two attached hydrogens (primary N) is 1. The van der Waals surface area contributed by atoms with Crippen molar-refractivity contribution in [2.75, 3.05) is 6.54 Å². The maximum atomic E-state index is 12.8. The fourth-order valence-electron chi connectivity index (χ4n) is 2.57. The Balaban J connectivity index is 2.05. The predicted octanol–water partition coefficient (Wildman–Crippen LogP) is 2.80. The van der Waals surface area contributed by atoms with Crippen LogP contribution < -0.4 is 5.73 Å². The molecule has 2 atom stereocenters. The minimum Gasteiger partial charge on any atom is -0.457 e. The third kappa shape index (κ3) is 2.37. The average Bonchev–Trinajstić information content (AvgIpc) is 2.93. The number of rotatable bonds is 4. The van der Waals surface area contributed by atoms with Crippen molar-refractivity contribution in [1.82, 2.24) is 0 Å². The van der Waals surface area contributed by atoms with Crippen molar-refractivity contribution in [3.63, 3.8) is 0 Å². The summed E-state index contributed by atoms with van der Waals surface area (Å²) in [7, 11) is 0. The molecule has 2 rings (SSSR count). The first-order chi connectivity index (χ1) is 8.82. The third-order valence-electron chi connectivity index (χ3n) is 4.28. The van der Waals surface area contributed by atoms with Crippen LogP contribution in [0.3, 0.4) is 0 Å². The Hall–Kier alpha value is -1.42. The van der Waals surface area contributed by atoms with Crippen LogP contribution in [-0.4, -0.2) is 12.5 Å². The lowest BCUT2D eigenvalue weighted by Gasteiger charge is -2.21. The van der Waals surface area contributed by atoms with Gasteiger partial charge < -0.3 is 10.5 Å². The van der Waals surface area contributed by atoms with E-state index in [4.69, 9.17) is 10.5 Å². The minimum atomic E-state index is -0.554. The number of carbonyl (C=O) groups excluding carboxylic acids is 1. The standard InChI is InChI=1S/C15H20FNO2/c1-10(11-4-6-12(16)7-5-11)19-13(18)15(9-17)8-14(15,2)3/h4-7,10H,8-9,17H2,1-3H3. The van der Waals surface area contributed by atoms with Crippen LogP contribution in [0.4, 0.5) is 4.39 Å². The zero-order valence-electron chi connectivity index (χ0n) is 11.6. The molecule has 2 N–H and O–H groups in total. The smallest absolute Gasteiger partial charge is 0.314 e. The molecular formula is C15H20FNO2. The molecule has 1 fully saturated rings. The summed E-state index contributed by atoms with van der Waals surface area (Å²) in [5.41, 5.74) is 5.86. The number of hydrogen-bond acceptors (Lipinski definition) is 3. The average molecular weight is 265 g/mol. The SMILES string of the molecule is CC(OC(=O)C1(CN)CC1(C)C)c1ccc(F)cc1. The highest BCUT2D eigenvalue weighted by molar-refractivity contribution is 5.82. The molecule has 4 heteroatoms. The molecule has 0 aliphatic heterocycles. The van der Waals surface area contributed by atoms with Gasteiger partial charge in [0.05, 0.1) is 5.41 Å². The molecule has 19 heavy (non-hydrogen) atoms. The van der Waals surface area contributed by atoms with Crippen molar-refractivity contribution in [3.05, 3.63) is 35.6 Å². The van der Waals surface area contributed by atoms with Gasteiger partial charge in [0, 0.05) is 6.54 Å². The Bertz CT molecular complexity index is 483. The highest BCUT2D eigenvalue weighted by Crippen LogP contribution is 2.63. The minimum absolute atomic E-state index is 0.0959. The topological polar surface area (TPSA) is 52.3 Å². The number of ether oxygens (including phenoxy) is 1. The quantitative estimate of drug-likeness (QED) is 0.852. The molecule has 104 valence electrons. The number of esters is 1. The van der Waals surface area contributed by atoms with Crippen LogP contribution in [0.5, 0.6) is 0 Å². The van der Waals surface area contributed by atoms with Crippen molar-refractivity contribution in [2.24, 2.45) is 16.6 Å². The molecular weight excluding hydrogens is 245 g/mol. The Morgan fingerprint density at radius 1 is 1.42 bits per heavy atom. The van der Waals surface area contributed by atoms with Gasteiger partial charge in [0.2, 0.25) is 0 Å². The van der Waals surface area contributed by atoms with Crippen molar-refractivity contribution in [3.8, 4) is 0 Å². The van der Waals surface area contributed by atoms with Crippen LogP contribution in [0.1, 0.15) is 38.9 Å². The molecule has 0 aromatic heterocycles. The highest BCUT2D eigenvalue weighted by Gasteiger charge is 2.66. The first-order valence-corrected chi connectivity index (χ1v) is 6.49. The van der Waals surface area contributed by atoms with Crippen LogP contribution in [0.15, 0.2) is 24.3 Å². The molecule has 0 bridgehead atoms. The van der Waals surface area contributed by atoms with E-state index in [1.807, 2.05) is 13.8 Å². The van der Waals surface area contributed by atoms with Gasteiger partial charge in [-0.25, -0.2) is 4.39 Å². The largest absolute Gasteiger partial charge is 0.457 e. The molecule has 3 nitrogen and oxygen atoms in total. The van der Waals surface area contributed by atoms with E-state index in [0.717, 1.165) is 12.0 Å². The molecule has 0 heterocycles. The third-order valence-corrected chi connectivity index (χ3v) is 4.28. The monoisotopic (exact) mass is 265 g/mol. The second-order valence-corrected chi connectivity index (χ2v) is 5.95. The maximum absolute atomic E-state index is 12.8. The van der Waals surface area contributed by atoms with E-state index in [0.29, 0.717) is 6.54 Å². The first-order valence-electron chi connectivity index (χ1n) is 6.49. The van der Waals surface area contributed by atoms with Gasteiger partial charge in [-0.2, -0.15) is 0 Å². The summed E-state index contributed by atoms with van der Waals surface area (Å²) in [6.07, 6.45) is 0.360. The van der Waals surface area contributed by atoms with E-state index >= 15 is 0 Å². The van der Waals surface area contributed by atoms with Gasteiger partial charge in [0.25, 0.3) is 0 Å². The number of hydrogen-bond donors (Lipinski definition) is 1. The molecule has 0 spiro atoms. The van der Waals surface area contributed by atoms with Crippen LogP contribution in [-0.2, 0) is 9.53 Å². The van der Waals surface area contributed by atoms with Gasteiger partial charge in [-0.1, -0.05) is 26.0 Å². The molecule has 1 aliphatic carbocycles. The van der Waals surface area contributed by atoms with Crippen molar-refractivity contribution in [2.45, 2.75) is 33.3 Å². The summed E-state index contributed by atoms with van der Waals surface area (Å²) < 4.78 is 18.3. The number of benzene rings is 1. The summed E-state index contributed by atoms with van der Waals surface area (Å²) in [6, 6.07) is 5.97. The Kier molecular flexibility index (Phi) is 3.39. The van der Waals surface area contributed by atoms with Gasteiger partial charge >= 0.3 is 5.97 Å². The van der Waals surface area contributed by atoms with E-state index < -0.39 is 11.5 Å². The summed E-state index contributed by atoms with van der Waals surface area (Å²) in [4.78, 5) is 12.2. The van der Waals surface area contributed by atoms with Crippen LogP contribution in [0.25, 0.3) is 0 Å². The molecule has 0 saturated heterocycles. The van der Waals surface area contributed by atoms with Gasteiger partial charge in [-0.3, -0.25) is 4.79 Å². The molecule has 0 radical (unpaired) electrons. The molecule has 1 saturated carbocycles. The second kappa shape index (κ2) is 4.60. The number of carbonyl (C=O) groups is 1. The van der Waals surface area contributed by atoms with Gasteiger partial charge in [0.15, 0.2) is 0 Å². The lowest BCUT2D eigenvalue weighted by molar-refractivity contribution is -0.156. The van der Waals surface area contributed by atoms with Crippen molar-refractivity contribution in [1.29, 1.82) is 0 Å². The van der Waals surface area contributed by atoms with Crippen LogP contribution in [0.2, 0.25) is 0 Å². The summed E-state index contributed by atoms with van der Waals surface area (Å²) in [6.45, 7) is 6.12. The Morgan fingerprint density at radius 2 is 1.95 bits per heavy atom. The Labute approximate surface area is 112 Å². The molecule has 1 aromatic rings. The first kappa shape index (κ1) is 14.0. The fraction of sp³-hybridized carbons (Fsp3) is 0.533. The lowest BCUT2D eigenvalue weighted by Crippen LogP contribution is -2.32. The van der Waals surface area contributed by atoms with Crippen LogP contribution in [0, 0.1) is 16.6 Å². The second-order valence-electron chi connectivity index (χ2n) is 5.95. The highest BCUT2D eigenvalue weighted by atomic mass is 19.1. The maximum Gasteiger partial charge on any atom is 0.314 e. The molecule has 1 aromatic carbocycles. The van der Waals surface area contributed by atoms with Crippen molar-refractivity contribution < 1.29 is 13.9 Å². The molecule has 2 unspecified atom stereocenters. The number of halogens is 1. The van der Waals surface area contributed by atoms with E-state index in [1.54, 1.807) is 19.1 Å². The summed E-state index contributed by atoms with van der Waals surface area (Å²) >= 11 is 0. The normalized spacial score (nSPS) is 25.7. The Morgan fingerprint density at radius 3 is 2.37 bits per heavy atom. The molecule has 1 aliphatic rings. The van der Waals surface area contributed by atoms with E-state index in [2.05, 4.69) is 0 Å². The van der Waals surface area contributed by atoms with Crippen molar-refractivity contribution >= 4 is 5.97 Å². The fourth-order valence-corrected chi connectivity index (χ4v) is 2.57. The van der Waals surface area contributed by atoms with E-state index in [-0.39, 0.29) is 17.2 Å². The zero-order chi connectivity index (χ0) is 14.3. The zero-order valence-corrected chi connectivity index (χ0v) is 11.6. The van der Waals surface area contributed by atoms with Gasteiger partial charge in [0.1, 0.15) is 11.9 Å². The van der Waals surface area contributed by atoms with Gasteiger partial charge in [-0.15, -0.1) is 0 Å². The van der Waals surface area contributed by atoms with E-state index in [1.165, 1.54) is 12.1 Å². The van der Waals surface area contributed by atoms with Crippen LogP contribution >= 0.6 is 0 Å². The lowest BCUT2D eigenvalue weighted by atomic mass is 9.96. The predicted molar refractivity (Wildman–Crippen MR) is 70.8 cm³/mol. The summed E-state index contributed by atoms with van der Waals surface area (Å²) in [5.74, 6) is -0.555.